The number of amides is 1. The first-order chi connectivity index (χ1) is 7.84. The third kappa shape index (κ3) is 3.40. The number of rotatable bonds is 3. The van der Waals surface area contributed by atoms with Crippen molar-refractivity contribution in [3.63, 3.8) is 0 Å². The van der Waals surface area contributed by atoms with Gasteiger partial charge >= 0.3 is 5.97 Å². The molecular formula is C10H6Br3NO3. The Morgan fingerprint density at radius 1 is 1.24 bits per heavy atom. The lowest BCUT2D eigenvalue weighted by Gasteiger charge is -2.09. The number of carboxylic acid groups (broad SMARTS) is 1. The summed E-state index contributed by atoms with van der Waals surface area (Å²) in [6.45, 7) is 0. The summed E-state index contributed by atoms with van der Waals surface area (Å²) in [6, 6.07) is 1.63. The van der Waals surface area contributed by atoms with E-state index < -0.39 is 11.9 Å². The molecular weight excluding hydrogens is 422 g/mol. The molecule has 0 unspecified atom stereocenters. The van der Waals surface area contributed by atoms with Crippen molar-refractivity contribution in [1.82, 2.24) is 0 Å². The summed E-state index contributed by atoms with van der Waals surface area (Å²) in [7, 11) is 0. The van der Waals surface area contributed by atoms with Gasteiger partial charge in [-0.1, -0.05) is 15.9 Å². The van der Waals surface area contributed by atoms with E-state index in [9.17, 15) is 9.59 Å². The quantitative estimate of drug-likeness (QED) is 0.727. The minimum atomic E-state index is -1.08. The Morgan fingerprint density at radius 2 is 1.82 bits per heavy atom. The van der Waals surface area contributed by atoms with Gasteiger partial charge in [0.15, 0.2) is 0 Å². The van der Waals surface area contributed by atoms with E-state index in [0.29, 0.717) is 19.0 Å². The molecule has 90 valence electrons. The molecule has 0 aliphatic heterocycles. The molecule has 1 rings (SSSR count). The highest BCUT2D eigenvalue weighted by Crippen LogP contribution is 2.35. The lowest BCUT2D eigenvalue weighted by atomic mass is 10.1. The van der Waals surface area contributed by atoms with Crippen LogP contribution in [0.5, 0.6) is 0 Å². The Kier molecular flexibility index (Phi) is 4.91. The molecule has 1 aromatic carbocycles. The molecule has 1 aromatic rings. The molecule has 3 N–H and O–H groups in total. The van der Waals surface area contributed by atoms with Crippen LogP contribution >= 0.6 is 47.8 Å². The van der Waals surface area contributed by atoms with E-state index in [2.05, 4.69) is 47.8 Å². The van der Waals surface area contributed by atoms with Crippen molar-refractivity contribution in [1.29, 1.82) is 0 Å². The van der Waals surface area contributed by atoms with Crippen LogP contribution in [0.4, 0.5) is 0 Å². The van der Waals surface area contributed by atoms with Crippen LogP contribution in [-0.4, -0.2) is 17.0 Å². The van der Waals surface area contributed by atoms with Crippen LogP contribution < -0.4 is 5.73 Å². The zero-order valence-corrected chi connectivity index (χ0v) is 13.0. The van der Waals surface area contributed by atoms with Gasteiger partial charge in [0.2, 0.25) is 0 Å². The standard InChI is InChI=1S/C10H6Br3NO3/c11-5-3-6(12)8(10(14)17)9(13)4(5)1-2-7(15)16/h1-3H,(H2,14,17)(H,15,16)/b2-1+. The van der Waals surface area contributed by atoms with Crippen LogP contribution in [-0.2, 0) is 4.79 Å². The normalized spacial score (nSPS) is 10.8. The summed E-state index contributed by atoms with van der Waals surface area (Å²) < 4.78 is 1.60. The first kappa shape index (κ1) is 14.4. The molecule has 0 aliphatic carbocycles. The summed E-state index contributed by atoms with van der Waals surface area (Å²) in [5.41, 5.74) is 6.03. The van der Waals surface area contributed by atoms with Gasteiger partial charge in [0.25, 0.3) is 5.91 Å². The summed E-state index contributed by atoms with van der Waals surface area (Å²) >= 11 is 9.72. The first-order valence-corrected chi connectivity index (χ1v) is 6.60. The monoisotopic (exact) mass is 425 g/mol. The fourth-order valence-corrected chi connectivity index (χ4v) is 3.91. The largest absolute Gasteiger partial charge is 0.478 e. The Bertz CT molecular complexity index is 526. The molecule has 0 aliphatic rings. The smallest absolute Gasteiger partial charge is 0.328 e. The number of primary amides is 1. The summed E-state index contributed by atoms with van der Waals surface area (Å²) in [5.74, 6) is -1.69. The van der Waals surface area contributed by atoms with Crippen molar-refractivity contribution in [2.24, 2.45) is 5.73 Å². The second-order valence-electron chi connectivity index (χ2n) is 2.98. The van der Waals surface area contributed by atoms with Crippen LogP contribution in [0.1, 0.15) is 15.9 Å². The highest BCUT2D eigenvalue weighted by molar-refractivity contribution is 9.11. The van der Waals surface area contributed by atoms with Gasteiger partial charge in [0, 0.05) is 25.1 Å². The molecule has 7 heteroatoms. The topological polar surface area (TPSA) is 80.4 Å². The second kappa shape index (κ2) is 5.79. The Labute approximate surface area is 122 Å². The maximum Gasteiger partial charge on any atom is 0.328 e. The van der Waals surface area contributed by atoms with Crippen molar-refractivity contribution >= 4 is 65.7 Å². The number of carbonyl (C=O) groups excluding carboxylic acids is 1. The maximum atomic E-state index is 11.3. The van der Waals surface area contributed by atoms with Crippen molar-refractivity contribution in [3.05, 3.63) is 36.7 Å². The SMILES string of the molecule is NC(=O)c1c(Br)cc(Br)c(/C=C/C(=O)O)c1Br. The third-order valence-electron chi connectivity index (χ3n) is 1.84. The Hall–Kier alpha value is -0.660. The van der Waals surface area contributed by atoms with E-state index in [1.807, 2.05) is 0 Å². The van der Waals surface area contributed by atoms with Crippen molar-refractivity contribution in [2.45, 2.75) is 0 Å². The Balaban J connectivity index is 3.46. The number of hydrogen-bond acceptors (Lipinski definition) is 2. The number of aliphatic carboxylic acids is 1. The molecule has 1 amide bonds. The fourth-order valence-electron chi connectivity index (χ4n) is 1.14. The van der Waals surface area contributed by atoms with Crippen LogP contribution in [0.2, 0.25) is 0 Å². The first-order valence-electron chi connectivity index (χ1n) is 4.23. The number of hydrogen-bond donors (Lipinski definition) is 2. The molecule has 0 fully saturated rings. The minimum absolute atomic E-state index is 0.262. The molecule has 0 saturated heterocycles. The molecule has 0 radical (unpaired) electrons. The number of halogens is 3. The van der Waals surface area contributed by atoms with Gasteiger partial charge in [0.05, 0.1) is 5.56 Å². The maximum absolute atomic E-state index is 11.3. The van der Waals surface area contributed by atoms with Crippen LogP contribution in [0.15, 0.2) is 25.6 Å². The number of carbonyl (C=O) groups is 2. The zero-order chi connectivity index (χ0) is 13.2. The van der Waals surface area contributed by atoms with Crippen molar-refractivity contribution in [3.8, 4) is 0 Å². The van der Waals surface area contributed by atoms with E-state index in [4.69, 9.17) is 10.8 Å². The highest BCUT2D eigenvalue weighted by atomic mass is 79.9. The van der Waals surface area contributed by atoms with Crippen molar-refractivity contribution in [2.75, 3.05) is 0 Å². The molecule has 17 heavy (non-hydrogen) atoms. The van der Waals surface area contributed by atoms with Gasteiger partial charge in [-0.2, -0.15) is 0 Å². The molecule has 0 atom stereocenters. The number of benzene rings is 1. The van der Waals surface area contributed by atoms with Gasteiger partial charge in [0.1, 0.15) is 0 Å². The van der Waals surface area contributed by atoms with E-state index >= 15 is 0 Å². The van der Waals surface area contributed by atoms with Gasteiger partial charge < -0.3 is 10.8 Å². The van der Waals surface area contributed by atoms with Gasteiger partial charge in [-0.15, -0.1) is 0 Å². The molecule has 0 aromatic heterocycles. The fraction of sp³-hybridized carbons (Fsp3) is 0. The van der Waals surface area contributed by atoms with Gasteiger partial charge in [-0.05, 0) is 44.0 Å². The van der Waals surface area contributed by atoms with Gasteiger partial charge in [-0.3, -0.25) is 4.79 Å². The van der Waals surface area contributed by atoms with Crippen LogP contribution in [0.25, 0.3) is 6.08 Å². The lowest BCUT2D eigenvalue weighted by Crippen LogP contribution is -2.13. The van der Waals surface area contributed by atoms with E-state index in [1.165, 1.54) is 6.08 Å². The van der Waals surface area contributed by atoms with Crippen molar-refractivity contribution < 1.29 is 14.7 Å². The van der Waals surface area contributed by atoms with Crippen LogP contribution in [0.3, 0.4) is 0 Å². The predicted molar refractivity (Wildman–Crippen MR) is 74.7 cm³/mol. The highest BCUT2D eigenvalue weighted by Gasteiger charge is 2.16. The third-order valence-corrected chi connectivity index (χ3v) is 3.95. The molecule has 0 bridgehead atoms. The summed E-state index contributed by atoms with van der Waals surface area (Å²) in [5, 5.41) is 8.57. The van der Waals surface area contributed by atoms with E-state index in [0.717, 1.165) is 6.08 Å². The second-order valence-corrected chi connectivity index (χ2v) is 5.48. The Morgan fingerprint density at radius 3 is 2.29 bits per heavy atom. The minimum Gasteiger partial charge on any atom is -0.478 e. The number of carboxylic acids is 1. The molecule has 4 nitrogen and oxygen atoms in total. The van der Waals surface area contributed by atoms with Gasteiger partial charge in [-0.25, -0.2) is 4.79 Å². The molecule has 0 saturated carbocycles. The predicted octanol–water partition coefficient (Wildman–Crippen LogP) is 3.17. The average molecular weight is 428 g/mol. The van der Waals surface area contributed by atoms with E-state index in [1.54, 1.807) is 6.07 Å². The van der Waals surface area contributed by atoms with Crippen LogP contribution in [0, 0.1) is 0 Å². The molecule has 0 spiro atoms. The summed E-state index contributed by atoms with van der Waals surface area (Å²) in [4.78, 5) is 21.7. The lowest BCUT2D eigenvalue weighted by molar-refractivity contribution is -0.131. The molecule has 0 heterocycles. The zero-order valence-electron chi connectivity index (χ0n) is 8.21. The summed E-state index contributed by atoms with van der Waals surface area (Å²) in [6.07, 6.45) is 2.35. The average Bonchev–Trinajstić information content (AvgIpc) is 2.14. The number of nitrogens with two attached hydrogens (primary N) is 1. The van der Waals surface area contributed by atoms with E-state index in [-0.39, 0.29) is 5.56 Å².